The Morgan fingerprint density at radius 3 is 1.33 bits per heavy atom. The van der Waals surface area contributed by atoms with Gasteiger partial charge in [0, 0.05) is 23.3 Å². The highest BCUT2D eigenvalue weighted by molar-refractivity contribution is 5.91. The van der Waals surface area contributed by atoms with Gasteiger partial charge >= 0.3 is 23.9 Å². The van der Waals surface area contributed by atoms with Crippen molar-refractivity contribution in [3.8, 4) is 0 Å². The zero-order valence-electron chi connectivity index (χ0n) is 13.7. The monoisotopic (exact) mass is 342 g/mol. The number of hydrogen-bond donors (Lipinski definition) is 2. The van der Waals surface area contributed by atoms with Crippen molar-refractivity contribution in [3.63, 3.8) is 0 Å². The van der Waals surface area contributed by atoms with E-state index in [1.807, 2.05) is 0 Å². The van der Waals surface area contributed by atoms with E-state index in [4.69, 9.17) is 19.7 Å². The van der Waals surface area contributed by atoms with E-state index >= 15 is 0 Å². The van der Waals surface area contributed by atoms with Crippen molar-refractivity contribution < 1.29 is 38.9 Å². The lowest BCUT2D eigenvalue weighted by Gasteiger charge is -2.05. The molecule has 1 heterocycles. The van der Waals surface area contributed by atoms with Gasteiger partial charge in [-0.3, -0.25) is 0 Å². The molecule has 0 saturated heterocycles. The largest absolute Gasteiger partial charge is 0.478 e. The van der Waals surface area contributed by atoms with E-state index < -0.39 is 23.9 Å². The topological polar surface area (TPSA) is 127 Å². The lowest BCUT2D eigenvalue weighted by atomic mass is 10.3. The van der Waals surface area contributed by atoms with Crippen molar-refractivity contribution in [1.82, 2.24) is 0 Å². The van der Waals surface area contributed by atoms with Crippen LogP contribution in [0.1, 0.15) is 26.7 Å². The predicted molar refractivity (Wildman–Crippen MR) is 85.2 cm³/mol. The number of carbonyl (C=O) groups is 4. The first-order chi connectivity index (χ1) is 11.1. The molecule has 0 aromatic rings. The highest BCUT2D eigenvalue weighted by Crippen LogP contribution is 1.96. The van der Waals surface area contributed by atoms with Gasteiger partial charge in [0.2, 0.25) is 0 Å². The smallest absolute Gasteiger partial charge is 0.331 e. The highest BCUT2D eigenvalue weighted by atomic mass is 16.5. The second-order valence-corrected chi connectivity index (χ2v) is 4.55. The second kappa shape index (κ2) is 13.7. The quantitative estimate of drug-likeness (QED) is 0.573. The van der Waals surface area contributed by atoms with Gasteiger partial charge < -0.3 is 19.7 Å². The second-order valence-electron chi connectivity index (χ2n) is 4.55. The number of aliphatic carboxylic acids is 2. The summed E-state index contributed by atoms with van der Waals surface area (Å²) in [5, 5.41) is 15.8. The first-order valence-electron chi connectivity index (χ1n) is 6.87. The van der Waals surface area contributed by atoms with E-state index in [1.165, 1.54) is 13.8 Å². The summed E-state index contributed by atoms with van der Waals surface area (Å²) in [4.78, 5) is 40.7. The molecule has 0 spiro atoms. The summed E-state index contributed by atoms with van der Waals surface area (Å²) in [6, 6.07) is 0. The number of carbonyl (C=O) groups excluding carboxylic acids is 2. The van der Waals surface area contributed by atoms with Gasteiger partial charge in [0.05, 0.1) is 13.2 Å². The molecular weight excluding hydrogens is 320 g/mol. The van der Waals surface area contributed by atoms with Crippen LogP contribution in [0.3, 0.4) is 0 Å². The van der Waals surface area contributed by atoms with E-state index in [2.05, 4.69) is 13.2 Å². The van der Waals surface area contributed by atoms with Crippen LogP contribution in [0.2, 0.25) is 0 Å². The molecule has 0 radical (unpaired) electrons. The molecule has 8 heteroatoms. The number of esters is 2. The van der Waals surface area contributed by atoms with E-state index in [9.17, 15) is 19.2 Å². The number of ether oxygens (including phenoxy) is 2. The molecule has 8 nitrogen and oxygen atoms in total. The third-order valence-corrected chi connectivity index (χ3v) is 2.11. The Balaban J connectivity index is 0. The Morgan fingerprint density at radius 2 is 1.12 bits per heavy atom. The normalized spacial score (nSPS) is 14.9. The van der Waals surface area contributed by atoms with E-state index in [-0.39, 0.29) is 11.1 Å². The summed E-state index contributed by atoms with van der Waals surface area (Å²) >= 11 is 0. The molecule has 0 fully saturated rings. The standard InChI is InChI=1S/C8H10O4.2C4H6O2/c9-7-3-4-8(10)12-6-2-1-5-11-7;2*1-3(2)4(5)6/h3-4H,1-2,5-6H2;2*1H2,2H3,(H,5,6)/b4-3-;;. The zero-order valence-corrected chi connectivity index (χ0v) is 13.7. The van der Waals surface area contributed by atoms with Crippen LogP contribution in [-0.2, 0) is 28.7 Å². The van der Waals surface area contributed by atoms with E-state index in [0.717, 1.165) is 25.0 Å². The van der Waals surface area contributed by atoms with E-state index in [1.54, 1.807) is 0 Å². The van der Waals surface area contributed by atoms with Gasteiger partial charge in [0.25, 0.3) is 0 Å². The molecule has 1 aliphatic rings. The molecule has 0 amide bonds. The Kier molecular flexibility index (Phi) is 13.4. The van der Waals surface area contributed by atoms with Crippen molar-refractivity contribution in [3.05, 3.63) is 36.5 Å². The van der Waals surface area contributed by atoms with Gasteiger partial charge in [-0.15, -0.1) is 0 Å². The minimum atomic E-state index is -0.935. The first kappa shape index (κ1) is 23.4. The molecule has 2 N–H and O–H groups in total. The molecule has 0 aromatic heterocycles. The minimum absolute atomic E-state index is 0.176. The lowest BCUT2D eigenvalue weighted by Crippen LogP contribution is -2.09. The Morgan fingerprint density at radius 1 is 0.875 bits per heavy atom. The van der Waals surface area contributed by atoms with Crippen molar-refractivity contribution in [1.29, 1.82) is 0 Å². The SMILES string of the molecule is C=C(C)C(=O)O.C=C(C)C(=O)O.O=C1/C=C\C(=O)OCCCCO1. The maximum absolute atomic E-state index is 10.7. The van der Waals surface area contributed by atoms with Crippen LogP contribution in [-0.4, -0.2) is 47.3 Å². The molecule has 0 atom stereocenters. The van der Waals surface area contributed by atoms with Crippen molar-refractivity contribution in [2.75, 3.05) is 13.2 Å². The third kappa shape index (κ3) is 17.2. The number of carboxylic acid groups (broad SMARTS) is 2. The predicted octanol–water partition coefficient (Wildman–Crippen LogP) is 1.72. The highest BCUT2D eigenvalue weighted by Gasteiger charge is 2.03. The fourth-order valence-electron chi connectivity index (χ4n) is 0.782. The van der Waals surface area contributed by atoms with Crippen molar-refractivity contribution >= 4 is 23.9 Å². The molecule has 0 bridgehead atoms. The van der Waals surface area contributed by atoms with Crippen LogP contribution in [0, 0.1) is 0 Å². The molecular formula is C16H22O8. The summed E-state index contributed by atoms with van der Waals surface area (Å²) < 4.78 is 9.47. The van der Waals surface area contributed by atoms with Crippen LogP contribution in [0.4, 0.5) is 0 Å². The van der Waals surface area contributed by atoms with Crippen LogP contribution in [0.5, 0.6) is 0 Å². The maximum Gasteiger partial charge on any atom is 0.331 e. The Bertz CT molecular complexity index is 446. The van der Waals surface area contributed by atoms with Crippen molar-refractivity contribution in [2.45, 2.75) is 26.7 Å². The van der Waals surface area contributed by atoms with Gasteiger partial charge in [0.1, 0.15) is 0 Å². The summed E-state index contributed by atoms with van der Waals surface area (Å²) in [6.45, 7) is 9.98. The molecule has 1 rings (SSSR count). The summed E-state index contributed by atoms with van der Waals surface area (Å²) in [7, 11) is 0. The Hall–Kier alpha value is -2.90. The Labute approximate surface area is 140 Å². The van der Waals surface area contributed by atoms with Crippen molar-refractivity contribution in [2.24, 2.45) is 0 Å². The summed E-state index contributed by atoms with van der Waals surface area (Å²) in [6.07, 6.45) is 3.61. The summed E-state index contributed by atoms with van der Waals surface area (Å²) in [5.74, 6) is -2.85. The fourth-order valence-corrected chi connectivity index (χ4v) is 0.782. The van der Waals surface area contributed by atoms with Gasteiger partial charge in [-0.25, -0.2) is 19.2 Å². The molecule has 0 saturated carbocycles. The van der Waals surface area contributed by atoms with Crippen LogP contribution in [0.25, 0.3) is 0 Å². The van der Waals surface area contributed by atoms with Crippen LogP contribution >= 0.6 is 0 Å². The minimum Gasteiger partial charge on any atom is -0.478 e. The van der Waals surface area contributed by atoms with Gasteiger partial charge in [-0.05, 0) is 26.7 Å². The molecule has 1 aliphatic heterocycles. The maximum atomic E-state index is 10.7. The number of carboxylic acids is 2. The average molecular weight is 342 g/mol. The zero-order chi connectivity index (χ0) is 19.1. The van der Waals surface area contributed by atoms with Gasteiger partial charge in [-0.1, -0.05) is 13.2 Å². The third-order valence-electron chi connectivity index (χ3n) is 2.11. The average Bonchev–Trinajstić information content (AvgIpc) is 2.49. The molecule has 0 aromatic carbocycles. The fraction of sp³-hybridized carbons (Fsp3) is 0.375. The van der Waals surface area contributed by atoms with Crippen LogP contribution in [0.15, 0.2) is 36.5 Å². The van der Waals surface area contributed by atoms with E-state index in [0.29, 0.717) is 13.2 Å². The molecule has 134 valence electrons. The molecule has 24 heavy (non-hydrogen) atoms. The number of rotatable bonds is 2. The molecule has 0 unspecified atom stereocenters. The number of cyclic esters (lactones) is 2. The molecule has 0 aliphatic carbocycles. The van der Waals surface area contributed by atoms with Gasteiger partial charge in [0.15, 0.2) is 0 Å². The van der Waals surface area contributed by atoms with Gasteiger partial charge in [-0.2, -0.15) is 0 Å². The summed E-state index contributed by atoms with van der Waals surface area (Å²) in [5.41, 5.74) is 0.352. The first-order valence-corrected chi connectivity index (χ1v) is 6.87. The number of hydrogen-bond acceptors (Lipinski definition) is 6. The van der Waals surface area contributed by atoms with Crippen LogP contribution < -0.4 is 0 Å². The lowest BCUT2D eigenvalue weighted by molar-refractivity contribution is -0.142.